The predicted octanol–water partition coefficient (Wildman–Crippen LogP) is 5.30. The summed E-state index contributed by atoms with van der Waals surface area (Å²) in [5, 5.41) is 13.6. The first-order chi connectivity index (χ1) is 25.4. The molecule has 3 aliphatic carbocycles. The van der Waals surface area contributed by atoms with Crippen molar-refractivity contribution in [1.29, 1.82) is 0 Å². The number of likely N-dealkylation sites (tertiary alicyclic amines) is 1. The van der Waals surface area contributed by atoms with Crippen LogP contribution in [0.25, 0.3) is 0 Å². The Balaban J connectivity index is 1.41. The zero-order valence-electron chi connectivity index (χ0n) is 32.0. The van der Waals surface area contributed by atoms with Crippen molar-refractivity contribution in [3.05, 3.63) is 35.0 Å². The summed E-state index contributed by atoms with van der Waals surface area (Å²) in [5.74, 6) is -2.45. The van der Waals surface area contributed by atoms with E-state index in [-0.39, 0.29) is 47.9 Å². The quantitative estimate of drug-likeness (QED) is 0.133. The van der Waals surface area contributed by atoms with Crippen LogP contribution in [0.2, 0.25) is 0 Å². The number of carbonyl (C=O) groups excluding carboxylic acids is 6. The molecule has 5 atom stereocenters. The lowest BCUT2D eigenvalue weighted by molar-refractivity contribution is -0.146. The van der Waals surface area contributed by atoms with E-state index in [0.29, 0.717) is 24.3 Å². The fourth-order valence-electron chi connectivity index (χ4n) is 8.88. The Kier molecular flexibility index (Phi) is 14.3. The minimum Gasteiger partial charge on any atom is -0.346 e. The van der Waals surface area contributed by atoms with Crippen molar-refractivity contribution in [2.45, 2.75) is 141 Å². The molecule has 5 amide bonds. The van der Waals surface area contributed by atoms with E-state index in [1.165, 1.54) is 17.4 Å². The van der Waals surface area contributed by atoms with Gasteiger partial charge in [0.1, 0.15) is 18.1 Å². The Bertz CT molecular complexity index is 1460. The van der Waals surface area contributed by atoms with Crippen LogP contribution in [0.3, 0.4) is 0 Å². The Morgan fingerprint density at radius 1 is 0.925 bits per heavy atom. The van der Waals surface area contributed by atoms with Crippen molar-refractivity contribution in [2.24, 2.45) is 29.1 Å². The molecule has 4 N–H and O–H groups in total. The van der Waals surface area contributed by atoms with Gasteiger partial charge in [-0.3, -0.25) is 28.8 Å². The third-order valence-electron chi connectivity index (χ3n) is 12.6. The van der Waals surface area contributed by atoms with Gasteiger partial charge in [0.25, 0.3) is 11.8 Å². The van der Waals surface area contributed by atoms with Gasteiger partial charge in [-0.2, -0.15) is 0 Å². The Labute approximate surface area is 319 Å². The smallest absolute Gasteiger partial charge is 0.289 e. The Hall–Kier alpha value is -3.54. The van der Waals surface area contributed by atoms with Gasteiger partial charge in [-0.05, 0) is 79.1 Å². The molecule has 2 heterocycles. The molecule has 5 rings (SSSR count). The molecule has 0 bridgehead atoms. The lowest BCUT2D eigenvalue weighted by Gasteiger charge is -2.43. The highest BCUT2D eigenvalue weighted by Crippen LogP contribution is 2.41. The number of hydrogen-bond acceptors (Lipinski definition) is 7. The van der Waals surface area contributed by atoms with E-state index >= 15 is 4.79 Å². The average Bonchev–Trinajstić information content (AvgIpc) is 3.84. The average molecular weight is 752 g/mol. The minimum atomic E-state index is -0.998. The molecule has 12 heteroatoms. The van der Waals surface area contributed by atoms with Gasteiger partial charge in [-0.1, -0.05) is 90.7 Å². The van der Waals surface area contributed by atoms with Crippen molar-refractivity contribution in [3.63, 3.8) is 0 Å². The number of carbonyl (C=O) groups is 6. The second-order valence-corrected chi connectivity index (χ2v) is 17.6. The summed E-state index contributed by atoms with van der Waals surface area (Å²) in [4.78, 5) is 85.5. The second-order valence-electron chi connectivity index (χ2n) is 16.7. The number of amides is 5. The van der Waals surface area contributed by atoms with Gasteiger partial charge in [-0.25, -0.2) is 0 Å². The predicted molar refractivity (Wildman–Crippen MR) is 206 cm³/mol. The number of nitrogens with one attached hydrogen (secondary N) is 4. The standard InChI is InChI=1S/C41H61N5O6S/c1-5-21-42-39(51)34(47)30(23-27-14-12-15-27)43-36(48)31-24-29(26(2)3)25-46(31)40(52)35(41(4)19-10-7-11-20-41)45-38(50)33(28-16-8-6-9-17-28)44-37(49)32-18-13-22-53-32/h5,13,18,22,26-31,33,35H,1,6-12,14-17,19-21,23-25H2,2-4H3,(H,42,51)(H,43,48)(H,44,49)(H,45,50)/t29-,30?,31+,33+,35-/m1/s1. The number of rotatable bonds is 16. The van der Waals surface area contributed by atoms with Gasteiger partial charge in [0.15, 0.2) is 0 Å². The van der Waals surface area contributed by atoms with E-state index in [9.17, 15) is 24.0 Å². The van der Waals surface area contributed by atoms with Crippen LogP contribution >= 0.6 is 11.3 Å². The SMILES string of the molecule is C=CCNC(=O)C(=O)C(CC1CCC1)NC(=O)[C@@H]1C[C@@H](C(C)C)CN1C(=O)[C@@H](NC(=O)[C@@H](NC(=O)c1cccs1)C1CCCCC1)C1(C)CCCCC1. The van der Waals surface area contributed by atoms with Crippen molar-refractivity contribution < 1.29 is 28.8 Å². The molecule has 0 aromatic carbocycles. The summed E-state index contributed by atoms with van der Waals surface area (Å²) < 4.78 is 0. The lowest BCUT2D eigenvalue weighted by atomic mass is 9.69. The van der Waals surface area contributed by atoms with E-state index in [4.69, 9.17) is 0 Å². The summed E-state index contributed by atoms with van der Waals surface area (Å²) in [5.41, 5.74) is -0.553. The van der Waals surface area contributed by atoms with Gasteiger partial charge in [0.2, 0.25) is 23.5 Å². The first-order valence-electron chi connectivity index (χ1n) is 20.1. The molecule has 1 unspecified atom stereocenters. The fraction of sp³-hybridized carbons (Fsp3) is 0.707. The lowest BCUT2D eigenvalue weighted by Crippen LogP contribution is -2.63. The maximum atomic E-state index is 15.1. The highest BCUT2D eigenvalue weighted by molar-refractivity contribution is 7.12. The van der Waals surface area contributed by atoms with E-state index < -0.39 is 47.2 Å². The summed E-state index contributed by atoms with van der Waals surface area (Å²) in [6.07, 6.45) is 14.3. The highest BCUT2D eigenvalue weighted by atomic mass is 32.1. The number of ketones is 1. The van der Waals surface area contributed by atoms with E-state index in [0.717, 1.165) is 83.5 Å². The summed E-state index contributed by atoms with van der Waals surface area (Å²) in [6.45, 7) is 10.3. The molecule has 0 spiro atoms. The number of Topliss-reactive ketones (excluding diaryl/α,β-unsaturated/α-hetero) is 1. The van der Waals surface area contributed by atoms with Crippen LogP contribution < -0.4 is 21.3 Å². The molecular formula is C41H61N5O6S. The molecule has 1 aromatic rings. The maximum Gasteiger partial charge on any atom is 0.289 e. The zero-order chi connectivity index (χ0) is 38.1. The number of thiophene rings is 1. The molecule has 53 heavy (non-hydrogen) atoms. The molecule has 11 nitrogen and oxygen atoms in total. The largest absolute Gasteiger partial charge is 0.346 e. The monoisotopic (exact) mass is 751 g/mol. The third-order valence-corrected chi connectivity index (χ3v) is 13.4. The topological polar surface area (TPSA) is 154 Å². The van der Waals surface area contributed by atoms with E-state index in [1.807, 2.05) is 11.4 Å². The maximum absolute atomic E-state index is 15.1. The second kappa shape index (κ2) is 18.7. The summed E-state index contributed by atoms with van der Waals surface area (Å²) >= 11 is 1.32. The molecule has 1 aromatic heterocycles. The van der Waals surface area contributed by atoms with Crippen LogP contribution in [0.4, 0.5) is 0 Å². The van der Waals surface area contributed by atoms with Crippen LogP contribution in [0, 0.1) is 29.1 Å². The zero-order valence-corrected chi connectivity index (χ0v) is 32.8. The van der Waals surface area contributed by atoms with Crippen LogP contribution in [0.5, 0.6) is 0 Å². The van der Waals surface area contributed by atoms with Crippen molar-refractivity contribution in [3.8, 4) is 0 Å². The first-order valence-corrected chi connectivity index (χ1v) is 21.0. The van der Waals surface area contributed by atoms with Crippen LogP contribution in [0.1, 0.15) is 127 Å². The van der Waals surface area contributed by atoms with Gasteiger partial charge in [0, 0.05) is 13.1 Å². The van der Waals surface area contributed by atoms with Gasteiger partial charge in [0.05, 0.1) is 10.9 Å². The summed E-state index contributed by atoms with van der Waals surface area (Å²) in [7, 11) is 0. The van der Waals surface area contributed by atoms with Gasteiger partial charge in [-0.15, -0.1) is 17.9 Å². The molecule has 1 saturated heterocycles. The van der Waals surface area contributed by atoms with Crippen LogP contribution in [-0.2, 0) is 24.0 Å². The molecular weight excluding hydrogens is 691 g/mol. The molecule has 4 aliphatic rings. The van der Waals surface area contributed by atoms with Gasteiger partial charge < -0.3 is 26.2 Å². The summed E-state index contributed by atoms with van der Waals surface area (Å²) in [6, 6.07) is -0.00144. The highest BCUT2D eigenvalue weighted by Gasteiger charge is 2.49. The Morgan fingerprint density at radius 2 is 1.62 bits per heavy atom. The van der Waals surface area contributed by atoms with Crippen molar-refractivity contribution in [1.82, 2.24) is 26.2 Å². The molecule has 292 valence electrons. The van der Waals surface area contributed by atoms with Crippen LogP contribution in [0.15, 0.2) is 30.2 Å². The molecule has 4 fully saturated rings. The van der Waals surface area contributed by atoms with Crippen molar-refractivity contribution >= 4 is 46.7 Å². The molecule has 3 saturated carbocycles. The van der Waals surface area contributed by atoms with Crippen molar-refractivity contribution in [2.75, 3.05) is 13.1 Å². The normalized spacial score (nSPS) is 23.6. The fourth-order valence-corrected chi connectivity index (χ4v) is 9.51. The van der Waals surface area contributed by atoms with Gasteiger partial charge >= 0.3 is 0 Å². The first kappa shape index (κ1) is 40.6. The number of hydrogen-bond donors (Lipinski definition) is 4. The third kappa shape index (κ3) is 10.2. The minimum absolute atomic E-state index is 0.0296. The Morgan fingerprint density at radius 3 is 2.23 bits per heavy atom. The number of nitrogens with zero attached hydrogens (tertiary/aromatic N) is 1. The van der Waals surface area contributed by atoms with Crippen LogP contribution in [-0.4, -0.2) is 77.5 Å². The van der Waals surface area contributed by atoms with E-state index in [2.05, 4.69) is 48.6 Å². The molecule has 0 radical (unpaired) electrons. The molecule has 1 aliphatic heterocycles. The van der Waals surface area contributed by atoms with E-state index in [1.54, 1.807) is 11.0 Å².